The number of benzene rings is 5. The van der Waals surface area contributed by atoms with Gasteiger partial charge in [-0.05, 0) is 205 Å². The van der Waals surface area contributed by atoms with Crippen molar-refractivity contribution in [1.29, 1.82) is 0 Å². The lowest BCUT2D eigenvalue weighted by molar-refractivity contribution is -0.136. The van der Waals surface area contributed by atoms with Crippen molar-refractivity contribution in [2.45, 2.75) is 140 Å². The SMILES string of the molecule is CC(C)CCC1CC2(CCCC2)CC2(C3CC4CC5C(Cc6ccc(O)cc6)CC(C(=O)CCc6ccc(O)c(OCN)c6)C(O)C5C3c3cc(O)c(O)c(OCc5cccc(O)c5)c34)c3ccccc3-c3[nH]ccc3C12. The van der Waals surface area contributed by atoms with E-state index in [0.29, 0.717) is 43.1 Å². The molecule has 77 heavy (non-hydrogen) atoms. The summed E-state index contributed by atoms with van der Waals surface area (Å²) >= 11 is 0. The lowest BCUT2D eigenvalue weighted by Gasteiger charge is -2.63. The summed E-state index contributed by atoms with van der Waals surface area (Å²) in [4.78, 5) is 19.1. The Hall–Kier alpha value is -6.43. The average molecular weight is 1040 g/mol. The molecular formula is C66H76N2O9. The number of phenolic OH excluding ortho intramolecular Hbond substituents is 5. The number of fused-ring (bicyclic) bond motifs is 8. The number of nitrogens with one attached hydrogen (secondary N) is 1. The van der Waals surface area contributed by atoms with Crippen LogP contribution in [0.15, 0.2) is 109 Å². The summed E-state index contributed by atoms with van der Waals surface area (Å²) in [5, 5.41) is 69.6. The Labute approximate surface area is 452 Å². The molecule has 13 rings (SSSR count). The second-order valence-corrected chi connectivity index (χ2v) is 24.8. The zero-order valence-corrected chi connectivity index (χ0v) is 44.5. The van der Waals surface area contributed by atoms with Crippen molar-refractivity contribution in [1.82, 2.24) is 4.98 Å². The van der Waals surface area contributed by atoms with Gasteiger partial charge in [0.05, 0.1) is 6.10 Å². The van der Waals surface area contributed by atoms with Gasteiger partial charge < -0.3 is 45.1 Å². The number of aromatic nitrogens is 1. The molecule has 6 aromatic rings. The third kappa shape index (κ3) is 9.03. The minimum Gasteiger partial charge on any atom is -0.508 e. The number of carbonyl (C=O) groups excluding carboxylic acids is 1. The lowest BCUT2D eigenvalue weighted by atomic mass is 9.40. The molecule has 0 radical (unpaired) electrons. The van der Waals surface area contributed by atoms with Gasteiger partial charge in [0.25, 0.3) is 0 Å². The maximum Gasteiger partial charge on any atom is 0.200 e. The number of aryl methyl sites for hydroxylation is 1. The van der Waals surface area contributed by atoms with E-state index in [1.807, 2.05) is 18.2 Å². The van der Waals surface area contributed by atoms with Crippen molar-refractivity contribution in [2.24, 2.45) is 52.6 Å². The van der Waals surface area contributed by atoms with Gasteiger partial charge in [0, 0.05) is 40.8 Å². The molecule has 7 aliphatic rings. The topological polar surface area (TPSA) is 199 Å². The molecule has 11 nitrogen and oxygen atoms in total. The number of ether oxygens (including phenoxy) is 2. The first-order valence-corrected chi connectivity index (χ1v) is 28.7. The van der Waals surface area contributed by atoms with Crippen LogP contribution in [0.25, 0.3) is 11.3 Å². The fourth-order valence-corrected chi connectivity index (χ4v) is 17.4. The standard InChI is InChI=1S/C66H76N2O9/c1-37(2)12-17-41-33-65(23-5-6-24-65)35-66(51-11-4-3-10-46(51)61-47(60(41)66)22-25-68-61)52-31-43-30-48-42(26-38-13-18-44(69)19-14-38)29-49(53(71)20-15-39-16-21-54(72)56(28-39)77-36-67)62(74)59(48)58(52)50-32-55(73)63(75)64(57(43)50)76-34-40-8-7-9-45(70)27-40/h3-4,7-11,13-14,16,18-19,21-22,25,27-28,32,37,41-43,48-49,52,58-60,62,68-70,72-75H,5-6,12,15,17,20,23-24,26,29-31,33-36,67H2,1-2H3. The van der Waals surface area contributed by atoms with Crippen molar-refractivity contribution in [3.63, 3.8) is 0 Å². The van der Waals surface area contributed by atoms with Crippen LogP contribution in [-0.4, -0.2) is 54.2 Å². The van der Waals surface area contributed by atoms with Gasteiger partial charge >= 0.3 is 0 Å². The van der Waals surface area contributed by atoms with Crippen LogP contribution >= 0.6 is 0 Å². The van der Waals surface area contributed by atoms with Gasteiger partial charge in [-0.3, -0.25) is 10.5 Å². The normalized spacial score (nSPS) is 28.5. The van der Waals surface area contributed by atoms with Crippen LogP contribution in [0.2, 0.25) is 0 Å². The fraction of sp³-hybridized carbons (Fsp3) is 0.470. The number of carbonyl (C=O) groups is 1. The highest BCUT2D eigenvalue weighted by atomic mass is 16.5. The minimum atomic E-state index is -1.04. The number of rotatable bonds is 15. The number of aliphatic hydroxyl groups excluding tert-OH is 1. The van der Waals surface area contributed by atoms with Crippen molar-refractivity contribution >= 4 is 5.78 Å². The van der Waals surface area contributed by atoms with E-state index in [1.165, 1.54) is 54.5 Å². The summed E-state index contributed by atoms with van der Waals surface area (Å²) in [6.07, 6.45) is 13.4. The smallest absolute Gasteiger partial charge is 0.200 e. The first kappa shape index (κ1) is 51.3. The first-order chi connectivity index (χ1) is 37.3. The van der Waals surface area contributed by atoms with E-state index in [1.54, 1.807) is 54.6 Å². The number of hydrogen-bond acceptors (Lipinski definition) is 10. The van der Waals surface area contributed by atoms with Crippen LogP contribution in [0.3, 0.4) is 0 Å². The van der Waals surface area contributed by atoms with E-state index >= 15 is 4.79 Å². The van der Waals surface area contributed by atoms with E-state index in [2.05, 4.69) is 55.4 Å². The van der Waals surface area contributed by atoms with Crippen LogP contribution in [0.1, 0.15) is 148 Å². The zero-order valence-electron chi connectivity index (χ0n) is 44.5. The second-order valence-electron chi connectivity index (χ2n) is 24.8. The molecule has 0 saturated heterocycles. The van der Waals surface area contributed by atoms with Crippen molar-refractivity contribution < 1.29 is 44.9 Å². The molecule has 0 amide bonds. The number of aliphatic hydroxyl groups is 1. The number of H-pyrrole nitrogens is 1. The molecule has 4 fully saturated rings. The Morgan fingerprint density at radius 1 is 0.792 bits per heavy atom. The highest BCUT2D eigenvalue weighted by molar-refractivity contribution is 5.82. The maximum absolute atomic E-state index is 15.3. The van der Waals surface area contributed by atoms with Crippen molar-refractivity contribution in [3.05, 3.63) is 148 Å². The van der Waals surface area contributed by atoms with Crippen LogP contribution in [0.4, 0.5) is 0 Å². The molecule has 5 aromatic carbocycles. The third-order valence-electron chi connectivity index (χ3n) is 20.2. The van der Waals surface area contributed by atoms with Gasteiger partial charge in [0.15, 0.2) is 23.0 Å². The summed E-state index contributed by atoms with van der Waals surface area (Å²) in [5.74, 6) is -0.608. The first-order valence-electron chi connectivity index (χ1n) is 28.7. The Bertz CT molecular complexity index is 3140. The Morgan fingerprint density at radius 3 is 2.36 bits per heavy atom. The summed E-state index contributed by atoms with van der Waals surface area (Å²) in [7, 11) is 0. The zero-order chi connectivity index (χ0) is 53.3. The van der Waals surface area contributed by atoms with Crippen LogP contribution in [0.5, 0.6) is 40.2 Å². The number of phenols is 5. The summed E-state index contributed by atoms with van der Waals surface area (Å²) < 4.78 is 12.3. The molecule has 11 atom stereocenters. The van der Waals surface area contributed by atoms with Crippen molar-refractivity contribution in [2.75, 3.05) is 6.73 Å². The molecular weight excluding hydrogens is 965 g/mol. The number of nitrogens with two attached hydrogens (primary N) is 1. The van der Waals surface area contributed by atoms with Crippen LogP contribution in [-0.2, 0) is 29.7 Å². The largest absolute Gasteiger partial charge is 0.508 e. The average Bonchev–Trinajstić information content (AvgIpc) is 4.14. The predicted octanol–water partition coefficient (Wildman–Crippen LogP) is 12.8. The number of aromatic amines is 1. The van der Waals surface area contributed by atoms with Crippen LogP contribution in [0, 0.1) is 46.8 Å². The molecule has 9 N–H and O–H groups in total. The molecule has 11 unspecified atom stereocenters. The van der Waals surface area contributed by atoms with Gasteiger partial charge in [-0.25, -0.2) is 0 Å². The van der Waals surface area contributed by atoms with E-state index in [4.69, 9.17) is 15.2 Å². The molecule has 1 heterocycles. The molecule has 1 aromatic heterocycles. The predicted molar refractivity (Wildman–Crippen MR) is 296 cm³/mol. The van der Waals surface area contributed by atoms with Gasteiger partial charge in [-0.15, -0.1) is 0 Å². The number of Topliss-reactive ketones (excluding diaryl/α,β-unsaturated/α-hetero) is 1. The maximum atomic E-state index is 15.3. The minimum absolute atomic E-state index is 0.0207. The quantitative estimate of drug-likeness (QED) is 0.0362. The van der Waals surface area contributed by atoms with E-state index in [-0.39, 0.29) is 107 Å². The second kappa shape index (κ2) is 20.4. The highest BCUT2D eigenvalue weighted by Crippen LogP contribution is 2.75. The summed E-state index contributed by atoms with van der Waals surface area (Å²) in [5.41, 5.74) is 14.9. The fourth-order valence-electron chi connectivity index (χ4n) is 17.4. The molecule has 7 aliphatic carbocycles. The van der Waals surface area contributed by atoms with Gasteiger partial charge in [0.1, 0.15) is 30.6 Å². The molecule has 404 valence electrons. The molecule has 4 saturated carbocycles. The van der Waals surface area contributed by atoms with E-state index in [9.17, 15) is 30.6 Å². The lowest BCUT2D eigenvalue weighted by Crippen LogP contribution is -2.58. The van der Waals surface area contributed by atoms with Gasteiger partial charge in [-0.1, -0.05) is 87.7 Å². The van der Waals surface area contributed by atoms with Gasteiger partial charge in [0.2, 0.25) is 5.75 Å². The van der Waals surface area contributed by atoms with E-state index in [0.717, 1.165) is 47.9 Å². The molecule has 2 bridgehead atoms. The third-order valence-corrected chi connectivity index (χ3v) is 20.2. The highest BCUT2D eigenvalue weighted by Gasteiger charge is 2.67. The molecule has 1 spiro atoms. The Kier molecular flexibility index (Phi) is 13.6. The monoisotopic (exact) mass is 1040 g/mol. The number of hydrogen-bond donors (Lipinski definition) is 8. The Balaban J connectivity index is 1.06. The summed E-state index contributed by atoms with van der Waals surface area (Å²) in [6, 6.07) is 32.7. The van der Waals surface area contributed by atoms with Gasteiger partial charge in [-0.2, -0.15) is 0 Å². The van der Waals surface area contributed by atoms with Crippen molar-refractivity contribution in [3.8, 4) is 51.5 Å². The molecule has 0 aliphatic heterocycles. The molecule has 11 heteroatoms. The Morgan fingerprint density at radius 2 is 1.58 bits per heavy atom. The summed E-state index contributed by atoms with van der Waals surface area (Å²) in [6.45, 7) is 4.63. The number of aromatic hydroxyl groups is 5. The van der Waals surface area contributed by atoms with E-state index < -0.39 is 23.4 Å². The van der Waals surface area contributed by atoms with Crippen LogP contribution < -0.4 is 15.2 Å². The number of ketones is 1.